The van der Waals surface area contributed by atoms with Gasteiger partial charge in [0.2, 0.25) is 0 Å². The summed E-state index contributed by atoms with van der Waals surface area (Å²) >= 11 is 0. The van der Waals surface area contributed by atoms with Crippen molar-refractivity contribution >= 4 is 11.9 Å². The third kappa shape index (κ3) is 9.29. The molecule has 24 heavy (non-hydrogen) atoms. The Morgan fingerprint density at radius 3 is 1.71 bits per heavy atom. The number of esters is 2. The fourth-order valence-electron chi connectivity index (χ4n) is 2.59. The first-order valence-electron chi connectivity index (χ1n) is 9.60. The molecule has 0 saturated carbocycles. The number of hydrogen-bond acceptors (Lipinski definition) is 4. The predicted molar refractivity (Wildman–Crippen MR) is 97.7 cm³/mol. The van der Waals surface area contributed by atoms with Crippen molar-refractivity contribution in [3.8, 4) is 0 Å². The van der Waals surface area contributed by atoms with E-state index in [0.29, 0.717) is 32.0 Å². The Hall–Kier alpha value is -1.06. The van der Waals surface area contributed by atoms with E-state index in [-0.39, 0.29) is 24.3 Å². The maximum Gasteiger partial charge on any atom is 0.312 e. The highest BCUT2D eigenvalue weighted by molar-refractivity contribution is 5.83. The molecule has 0 bridgehead atoms. The molecule has 0 fully saturated rings. The Bertz CT molecular complexity index is 353. The third-order valence-corrected chi connectivity index (χ3v) is 4.06. The summed E-state index contributed by atoms with van der Waals surface area (Å²) in [5.41, 5.74) is -0.727. The standard InChI is InChI=1S/C20H38O4/c1-7-9-11-20(12-10-8-2,19(22)24-15-17(5)6)13-18(21)23-14-16(3)4/h16-17H,7-15H2,1-6H3. The molecule has 0 rings (SSSR count). The van der Waals surface area contributed by atoms with Gasteiger partial charge in [-0.15, -0.1) is 0 Å². The highest BCUT2D eigenvalue weighted by Crippen LogP contribution is 2.37. The molecule has 0 spiro atoms. The zero-order chi connectivity index (χ0) is 18.6. The van der Waals surface area contributed by atoms with Crippen molar-refractivity contribution in [1.82, 2.24) is 0 Å². The van der Waals surface area contributed by atoms with Gasteiger partial charge in [-0.2, -0.15) is 0 Å². The quantitative estimate of drug-likeness (QED) is 0.435. The first-order chi connectivity index (χ1) is 11.3. The fourth-order valence-corrected chi connectivity index (χ4v) is 2.59. The summed E-state index contributed by atoms with van der Waals surface area (Å²) in [6.07, 6.45) is 5.33. The predicted octanol–water partition coefficient (Wildman–Crippen LogP) is 5.14. The van der Waals surface area contributed by atoms with Gasteiger partial charge in [-0.25, -0.2) is 0 Å². The van der Waals surface area contributed by atoms with Crippen molar-refractivity contribution in [2.24, 2.45) is 17.3 Å². The molecule has 0 N–H and O–H groups in total. The van der Waals surface area contributed by atoms with Crippen LogP contribution in [-0.4, -0.2) is 25.2 Å². The lowest BCUT2D eigenvalue weighted by atomic mass is 9.75. The zero-order valence-corrected chi connectivity index (χ0v) is 16.7. The molecule has 0 aliphatic rings. The molecular formula is C20H38O4. The lowest BCUT2D eigenvalue weighted by Crippen LogP contribution is -2.37. The van der Waals surface area contributed by atoms with Gasteiger partial charge in [0.1, 0.15) is 0 Å². The molecule has 0 saturated heterocycles. The van der Waals surface area contributed by atoms with Crippen LogP contribution in [-0.2, 0) is 19.1 Å². The lowest BCUT2D eigenvalue weighted by Gasteiger charge is -2.31. The zero-order valence-electron chi connectivity index (χ0n) is 16.7. The second kappa shape index (κ2) is 12.3. The molecule has 0 aromatic rings. The largest absolute Gasteiger partial charge is 0.465 e. The van der Waals surface area contributed by atoms with Gasteiger partial charge >= 0.3 is 11.9 Å². The summed E-state index contributed by atoms with van der Waals surface area (Å²) in [5, 5.41) is 0. The molecule has 0 aliphatic carbocycles. The van der Waals surface area contributed by atoms with Crippen LogP contribution in [0.1, 0.15) is 86.5 Å². The van der Waals surface area contributed by atoms with E-state index in [1.54, 1.807) is 0 Å². The van der Waals surface area contributed by atoms with Crippen LogP contribution in [0.4, 0.5) is 0 Å². The van der Waals surface area contributed by atoms with Crippen LogP contribution in [0.2, 0.25) is 0 Å². The van der Waals surface area contributed by atoms with Gasteiger partial charge in [0.25, 0.3) is 0 Å². The van der Waals surface area contributed by atoms with Crippen LogP contribution in [0.25, 0.3) is 0 Å². The van der Waals surface area contributed by atoms with Crippen LogP contribution in [0.15, 0.2) is 0 Å². The van der Waals surface area contributed by atoms with Crippen molar-refractivity contribution in [3.05, 3.63) is 0 Å². The molecule has 0 radical (unpaired) electrons. The maximum absolute atomic E-state index is 12.8. The fraction of sp³-hybridized carbons (Fsp3) is 0.900. The Balaban J connectivity index is 5.15. The van der Waals surface area contributed by atoms with Gasteiger partial charge in [-0.05, 0) is 24.7 Å². The molecule has 0 heterocycles. The van der Waals surface area contributed by atoms with E-state index >= 15 is 0 Å². The second-order valence-electron chi connectivity index (χ2n) is 7.73. The van der Waals surface area contributed by atoms with Gasteiger partial charge in [-0.1, -0.05) is 67.2 Å². The summed E-state index contributed by atoms with van der Waals surface area (Å²) in [4.78, 5) is 25.1. The third-order valence-electron chi connectivity index (χ3n) is 4.06. The number of rotatable bonds is 13. The summed E-state index contributed by atoms with van der Waals surface area (Å²) in [6.45, 7) is 13.0. The molecule has 0 amide bonds. The van der Waals surface area contributed by atoms with E-state index in [2.05, 4.69) is 13.8 Å². The van der Waals surface area contributed by atoms with Crippen molar-refractivity contribution in [2.45, 2.75) is 86.5 Å². The SMILES string of the molecule is CCCCC(CCCC)(CC(=O)OCC(C)C)C(=O)OCC(C)C. The minimum absolute atomic E-state index is 0.136. The van der Waals surface area contributed by atoms with Gasteiger partial charge < -0.3 is 9.47 Å². The van der Waals surface area contributed by atoms with E-state index in [4.69, 9.17) is 9.47 Å². The monoisotopic (exact) mass is 342 g/mol. The molecular weight excluding hydrogens is 304 g/mol. The van der Waals surface area contributed by atoms with Crippen molar-refractivity contribution < 1.29 is 19.1 Å². The Labute approximate surface area is 148 Å². The minimum Gasteiger partial charge on any atom is -0.465 e. The number of carbonyl (C=O) groups is 2. The van der Waals surface area contributed by atoms with Crippen LogP contribution >= 0.6 is 0 Å². The normalized spacial score (nSPS) is 11.8. The van der Waals surface area contributed by atoms with E-state index < -0.39 is 5.41 Å². The van der Waals surface area contributed by atoms with E-state index in [1.807, 2.05) is 27.7 Å². The number of hydrogen-bond donors (Lipinski definition) is 0. The molecule has 0 aromatic heterocycles. The molecule has 4 nitrogen and oxygen atoms in total. The molecule has 0 aliphatic heterocycles. The van der Waals surface area contributed by atoms with Crippen molar-refractivity contribution in [3.63, 3.8) is 0 Å². The first kappa shape index (κ1) is 22.9. The van der Waals surface area contributed by atoms with Crippen LogP contribution in [0, 0.1) is 17.3 Å². The summed E-state index contributed by atoms with van der Waals surface area (Å²) < 4.78 is 10.9. The topological polar surface area (TPSA) is 52.6 Å². The number of carbonyl (C=O) groups excluding carboxylic acids is 2. The van der Waals surface area contributed by atoms with Gasteiger partial charge in [-0.3, -0.25) is 9.59 Å². The van der Waals surface area contributed by atoms with E-state index in [0.717, 1.165) is 25.7 Å². The summed E-state index contributed by atoms with van der Waals surface area (Å²) in [5.74, 6) is 0.0800. The Morgan fingerprint density at radius 1 is 0.833 bits per heavy atom. The van der Waals surface area contributed by atoms with Gasteiger partial charge in [0.15, 0.2) is 0 Å². The molecule has 0 unspecified atom stereocenters. The maximum atomic E-state index is 12.8. The van der Waals surface area contributed by atoms with Gasteiger partial charge in [0, 0.05) is 0 Å². The smallest absolute Gasteiger partial charge is 0.312 e. The van der Waals surface area contributed by atoms with Crippen molar-refractivity contribution in [2.75, 3.05) is 13.2 Å². The van der Waals surface area contributed by atoms with E-state index in [9.17, 15) is 9.59 Å². The van der Waals surface area contributed by atoms with Crippen LogP contribution < -0.4 is 0 Å². The highest BCUT2D eigenvalue weighted by Gasteiger charge is 2.41. The lowest BCUT2D eigenvalue weighted by molar-refractivity contribution is -0.165. The molecule has 142 valence electrons. The van der Waals surface area contributed by atoms with Crippen molar-refractivity contribution in [1.29, 1.82) is 0 Å². The average Bonchev–Trinajstić information content (AvgIpc) is 2.53. The molecule has 0 atom stereocenters. The summed E-state index contributed by atoms with van der Waals surface area (Å²) in [7, 11) is 0. The van der Waals surface area contributed by atoms with E-state index in [1.165, 1.54) is 0 Å². The Morgan fingerprint density at radius 2 is 1.29 bits per heavy atom. The van der Waals surface area contributed by atoms with Crippen LogP contribution in [0.5, 0.6) is 0 Å². The Kier molecular flexibility index (Phi) is 11.8. The molecule has 0 aromatic carbocycles. The summed E-state index contributed by atoms with van der Waals surface area (Å²) in [6, 6.07) is 0. The first-order valence-corrected chi connectivity index (χ1v) is 9.60. The second-order valence-corrected chi connectivity index (χ2v) is 7.73. The number of ether oxygens (including phenoxy) is 2. The van der Waals surface area contributed by atoms with Gasteiger partial charge in [0.05, 0.1) is 25.0 Å². The minimum atomic E-state index is -0.727. The molecule has 4 heteroatoms. The highest BCUT2D eigenvalue weighted by atomic mass is 16.5. The number of unbranched alkanes of at least 4 members (excludes halogenated alkanes) is 2. The van der Waals surface area contributed by atoms with Crippen LogP contribution in [0.3, 0.4) is 0 Å². The average molecular weight is 343 g/mol.